The van der Waals surface area contributed by atoms with Gasteiger partial charge in [0.2, 0.25) is 0 Å². The highest BCUT2D eigenvalue weighted by atomic mass is 35.5. The van der Waals surface area contributed by atoms with Crippen molar-refractivity contribution in [3.63, 3.8) is 0 Å². The van der Waals surface area contributed by atoms with E-state index in [9.17, 15) is 9.50 Å². The van der Waals surface area contributed by atoms with Crippen molar-refractivity contribution in [3.05, 3.63) is 46.3 Å². The second-order valence-corrected chi connectivity index (χ2v) is 5.41. The minimum atomic E-state index is -0.535. The monoisotopic (exact) mass is 327 g/mol. The third-order valence-corrected chi connectivity index (χ3v) is 3.67. The molecule has 0 saturated heterocycles. The molecule has 120 valence electrons. The largest absolute Gasteiger partial charge is 0.391 e. The number of aromatic nitrogens is 3. The van der Waals surface area contributed by atoms with E-state index in [1.54, 1.807) is 23.9 Å². The summed E-state index contributed by atoms with van der Waals surface area (Å²) in [5.74, 6) is 0.659. The number of rotatable bonds is 7. The molecule has 0 amide bonds. The molecule has 1 heterocycles. The van der Waals surface area contributed by atoms with Gasteiger partial charge in [0.1, 0.15) is 18.2 Å². The zero-order valence-corrected chi connectivity index (χ0v) is 13.3. The van der Waals surface area contributed by atoms with E-state index in [1.165, 1.54) is 6.07 Å². The molecule has 0 bridgehead atoms. The second kappa shape index (κ2) is 7.67. The van der Waals surface area contributed by atoms with Crippen LogP contribution in [0.3, 0.4) is 0 Å². The number of hydrogen-bond acceptors (Lipinski definition) is 4. The lowest BCUT2D eigenvalue weighted by Gasteiger charge is -2.11. The van der Waals surface area contributed by atoms with Crippen molar-refractivity contribution in [1.82, 2.24) is 14.8 Å². The van der Waals surface area contributed by atoms with Gasteiger partial charge in [-0.2, -0.15) is 5.10 Å². The van der Waals surface area contributed by atoms with Gasteiger partial charge in [0.15, 0.2) is 5.82 Å². The van der Waals surface area contributed by atoms with E-state index in [0.29, 0.717) is 35.2 Å². The van der Waals surface area contributed by atoms with Gasteiger partial charge < -0.3 is 9.84 Å². The lowest BCUT2D eigenvalue weighted by Crippen LogP contribution is -2.18. The summed E-state index contributed by atoms with van der Waals surface area (Å²) in [6, 6.07) is 4.56. The maximum absolute atomic E-state index is 13.9. The zero-order valence-electron chi connectivity index (χ0n) is 12.6. The predicted molar refractivity (Wildman–Crippen MR) is 81.2 cm³/mol. The molecule has 0 saturated carbocycles. The number of nitrogens with zero attached hydrogens (tertiary/aromatic N) is 3. The fourth-order valence-electron chi connectivity index (χ4n) is 2.08. The van der Waals surface area contributed by atoms with Gasteiger partial charge in [-0.15, -0.1) is 0 Å². The van der Waals surface area contributed by atoms with Crippen LogP contribution in [-0.4, -0.2) is 33.1 Å². The Morgan fingerprint density at radius 2 is 2.23 bits per heavy atom. The average molecular weight is 328 g/mol. The molecule has 1 aromatic heterocycles. The Bertz CT molecular complexity index is 613. The SMILES string of the molecule is CC[C@H](O)Cn1nc(COC)nc1Cc1c(F)cccc1Cl. The van der Waals surface area contributed by atoms with Gasteiger partial charge in [-0.1, -0.05) is 24.6 Å². The van der Waals surface area contributed by atoms with Crippen LogP contribution in [0.15, 0.2) is 18.2 Å². The molecule has 0 aliphatic rings. The van der Waals surface area contributed by atoms with Crippen molar-refractivity contribution in [3.8, 4) is 0 Å². The van der Waals surface area contributed by atoms with Gasteiger partial charge in [0.25, 0.3) is 0 Å². The van der Waals surface area contributed by atoms with E-state index in [4.69, 9.17) is 16.3 Å². The van der Waals surface area contributed by atoms with Crippen molar-refractivity contribution in [2.24, 2.45) is 0 Å². The topological polar surface area (TPSA) is 60.2 Å². The molecule has 1 atom stereocenters. The molecule has 1 N–H and O–H groups in total. The Kier molecular flexibility index (Phi) is 5.88. The normalized spacial score (nSPS) is 12.6. The summed E-state index contributed by atoms with van der Waals surface area (Å²) in [4.78, 5) is 4.36. The summed E-state index contributed by atoms with van der Waals surface area (Å²) in [5.41, 5.74) is 0.368. The van der Waals surface area contributed by atoms with Gasteiger partial charge in [-0.25, -0.2) is 14.1 Å². The van der Waals surface area contributed by atoms with Crippen molar-refractivity contribution in [2.75, 3.05) is 7.11 Å². The summed E-state index contributed by atoms with van der Waals surface area (Å²) < 4.78 is 20.5. The van der Waals surface area contributed by atoms with Crippen LogP contribution < -0.4 is 0 Å². The van der Waals surface area contributed by atoms with E-state index in [-0.39, 0.29) is 18.8 Å². The Morgan fingerprint density at radius 1 is 1.45 bits per heavy atom. The molecule has 0 aliphatic heterocycles. The van der Waals surface area contributed by atoms with Crippen LogP contribution in [0.2, 0.25) is 5.02 Å². The summed E-state index contributed by atoms with van der Waals surface area (Å²) in [6.45, 7) is 2.44. The van der Waals surface area contributed by atoms with E-state index in [0.717, 1.165) is 0 Å². The van der Waals surface area contributed by atoms with E-state index >= 15 is 0 Å². The van der Waals surface area contributed by atoms with Crippen LogP contribution in [0.5, 0.6) is 0 Å². The van der Waals surface area contributed by atoms with E-state index in [1.807, 2.05) is 6.92 Å². The maximum Gasteiger partial charge on any atom is 0.176 e. The molecular formula is C15H19ClFN3O2. The second-order valence-electron chi connectivity index (χ2n) is 5.00. The predicted octanol–water partition coefficient (Wildman–Crippen LogP) is 2.58. The van der Waals surface area contributed by atoms with Gasteiger partial charge in [-0.3, -0.25) is 0 Å². The molecule has 0 radical (unpaired) electrons. The average Bonchev–Trinajstić information content (AvgIpc) is 2.85. The first-order valence-corrected chi connectivity index (χ1v) is 7.45. The molecule has 2 rings (SSSR count). The molecule has 7 heteroatoms. The summed E-state index contributed by atoms with van der Waals surface area (Å²) in [7, 11) is 1.55. The molecule has 0 unspecified atom stereocenters. The van der Waals surface area contributed by atoms with E-state index < -0.39 is 6.10 Å². The minimum Gasteiger partial charge on any atom is -0.391 e. The molecule has 2 aromatic rings. The molecule has 22 heavy (non-hydrogen) atoms. The highest BCUT2D eigenvalue weighted by Gasteiger charge is 2.16. The third-order valence-electron chi connectivity index (χ3n) is 3.32. The standard InChI is InChI=1S/C15H19ClFN3O2/c1-3-10(21)8-20-15(18-14(19-20)9-22-2)7-11-12(16)5-4-6-13(11)17/h4-6,10,21H,3,7-9H2,1-2H3/t10-/m0/s1. The molecule has 0 spiro atoms. The Morgan fingerprint density at radius 3 is 2.86 bits per heavy atom. The Balaban J connectivity index is 2.31. The highest BCUT2D eigenvalue weighted by Crippen LogP contribution is 2.22. The summed E-state index contributed by atoms with van der Waals surface area (Å²) >= 11 is 6.06. The van der Waals surface area contributed by atoms with Gasteiger partial charge in [0.05, 0.1) is 12.6 Å². The lowest BCUT2D eigenvalue weighted by atomic mass is 10.1. The van der Waals surface area contributed by atoms with Gasteiger partial charge >= 0.3 is 0 Å². The van der Waals surface area contributed by atoms with Crippen LogP contribution in [0, 0.1) is 5.82 Å². The van der Waals surface area contributed by atoms with Crippen molar-refractivity contribution < 1.29 is 14.2 Å². The fraction of sp³-hybridized carbons (Fsp3) is 0.467. The quantitative estimate of drug-likeness (QED) is 0.849. The van der Waals surface area contributed by atoms with Crippen molar-refractivity contribution in [2.45, 2.75) is 39.0 Å². The summed E-state index contributed by atoms with van der Waals surface area (Å²) in [6.07, 6.45) is 0.268. The van der Waals surface area contributed by atoms with Crippen LogP contribution in [0.4, 0.5) is 4.39 Å². The number of hydrogen-bond donors (Lipinski definition) is 1. The highest BCUT2D eigenvalue weighted by molar-refractivity contribution is 6.31. The van der Waals surface area contributed by atoms with Crippen LogP contribution in [-0.2, 0) is 24.3 Å². The number of aliphatic hydroxyl groups is 1. The minimum absolute atomic E-state index is 0.207. The van der Waals surface area contributed by atoms with Crippen molar-refractivity contribution in [1.29, 1.82) is 0 Å². The van der Waals surface area contributed by atoms with Crippen LogP contribution >= 0.6 is 11.6 Å². The molecular weight excluding hydrogens is 309 g/mol. The number of halogens is 2. The summed E-state index contributed by atoms with van der Waals surface area (Å²) in [5, 5.41) is 14.5. The lowest BCUT2D eigenvalue weighted by molar-refractivity contribution is 0.142. The van der Waals surface area contributed by atoms with Crippen LogP contribution in [0.1, 0.15) is 30.6 Å². The number of benzene rings is 1. The van der Waals surface area contributed by atoms with E-state index in [2.05, 4.69) is 10.1 Å². The third kappa shape index (κ3) is 4.03. The molecule has 1 aromatic carbocycles. The number of methoxy groups -OCH3 is 1. The number of aliphatic hydroxyl groups excluding tert-OH is 1. The fourth-order valence-corrected chi connectivity index (χ4v) is 2.31. The zero-order chi connectivity index (χ0) is 16.1. The Labute approximate surface area is 133 Å². The smallest absolute Gasteiger partial charge is 0.176 e. The van der Waals surface area contributed by atoms with Gasteiger partial charge in [-0.05, 0) is 18.6 Å². The van der Waals surface area contributed by atoms with Crippen molar-refractivity contribution >= 4 is 11.6 Å². The Hall–Kier alpha value is -1.50. The maximum atomic E-state index is 13.9. The van der Waals surface area contributed by atoms with Crippen LogP contribution in [0.25, 0.3) is 0 Å². The first-order valence-electron chi connectivity index (χ1n) is 7.07. The molecule has 5 nitrogen and oxygen atoms in total. The molecule has 0 fully saturated rings. The van der Waals surface area contributed by atoms with Gasteiger partial charge in [0, 0.05) is 24.1 Å². The number of ether oxygens (including phenoxy) is 1. The molecule has 0 aliphatic carbocycles. The first-order chi connectivity index (χ1) is 10.5. The first kappa shape index (κ1) is 16.9.